The molecule has 4 aromatic rings. The second kappa shape index (κ2) is 8.58. The van der Waals surface area contributed by atoms with E-state index in [0.29, 0.717) is 17.5 Å². The van der Waals surface area contributed by atoms with Gasteiger partial charge in [0.05, 0.1) is 5.52 Å². The molecular formula is C24H19F2N3O3. The summed E-state index contributed by atoms with van der Waals surface area (Å²) in [7, 11) is 1.49. The van der Waals surface area contributed by atoms with Gasteiger partial charge in [-0.25, -0.2) is 8.78 Å². The Hall–Kier alpha value is -4.07. The zero-order chi connectivity index (χ0) is 22.8. The van der Waals surface area contributed by atoms with Gasteiger partial charge in [0, 0.05) is 19.8 Å². The average Bonchev–Trinajstić information content (AvgIpc) is 2.79. The molecule has 32 heavy (non-hydrogen) atoms. The number of aromatic hydroxyl groups is 1. The summed E-state index contributed by atoms with van der Waals surface area (Å²) in [6.07, 6.45) is 1.99. The van der Waals surface area contributed by atoms with Gasteiger partial charge in [0.2, 0.25) is 0 Å². The van der Waals surface area contributed by atoms with Gasteiger partial charge < -0.3 is 15.0 Å². The standard InChI is InChI=1S/C24H19F2N3O3/c1-29-19-11-16(10-14-2-6-17(25)7-3-14)13-27-21(19)22(30)20(24(29)32)23(31)28-12-15-4-8-18(26)9-5-15/h2-9,11,13,30H,10,12H2,1H3,(H,28,31). The number of halogens is 2. The molecule has 2 heterocycles. The predicted octanol–water partition coefficient (Wildman–Crippen LogP) is 3.44. The van der Waals surface area contributed by atoms with Crippen molar-refractivity contribution < 1.29 is 18.7 Å². The van der Waals surface area contributed by atoms with Crippen LogP contribution in [0.5, 0.6) is 5.75 Å². The number of rotatable bonds is 5. The second-order valence-electron chi connectivity index (χ2n) is 7.41. The van der Waals surface area contributed by atoms with Crippen LogP contribution in [0.25, 0.3) is 11.0 Å². The summed E-state index contributed by atoms with van der Waals surface area (Å²) < 4.78 is 27.4. The van der Waals surface area contributed by atoms with Crippen molar-refractivity contribution in [3.63, 3.8) is 0 Å². The molecule has 0 atom stereocenters. The number of carbonyl (C=O) groups excluding carboxylic acids is 1. The molecule has 0 saturated heterocycles. The molecular weight excluding hydrogens is 416 g/mol. The maximum atomic E-state index is 13.1. The number of amides is 1. The number of aryl methyl sites for hydroxylation is 1. The molecule has 8 heteroatoms. The fourth-order valence-corrected chi connectivity index (χ4v) is 3.44. The van der Waals surface area contributed by atoms with E-state index >= 15 is 0 Å². The highest BCUT2D eigenvalue weighted by molar-refractivity contribution is 6.01. The van der Waals surface area contributed by atoms with Gasteiger partial charge in [-0.3, -0.25) is 14.6 Å². The fourth-order valence-electron chi connectivity index (χ4n) is 3.44. The summed E-state index contributed by atoms with van der Waals surface area (Å²) in [5.74, 6) is -1.99. The molecule has 0 spiro atoms. The van der Waals surface area contributed by atoms with E-state index in [2.05, 4.69) is 10.3 Å². The predicted molar refractivity (Wildman–Crippen MR) is 115 cm³/mol. The Labute approximate surface area is 181 Å². The van der Waals surface area contributed by atoms with Crippen LogP contribution < -0.4 is 10.9 Å². The molecule has 0 saturated carbocycles. The molecule has 1 amide bonds. The topological polar surface area (TPSA) is 84.2 Å². The van der Waals surface area contributed by atoms with Crippen LogP contribution in [0.3, 0.4) is 0 Å². The normalized spacial score (nSPS) is 11.0. The molecule has 2 N–H and O–H groups in total. The summed E-state index contributed by atoms with van der Waals surface area (Å²) in [5.41, 5.74) is 1.64. The first-order chi connectivity index (χ1) is 15.3. The minimum absolute atomic E-state index is 0.0593. The molecule has 0 radical (unpaired) electrons. The van der Waals surface area contributed by atoms with Crippen molar-refractivity contribution in [2.24, 2.45) is 7.05 Å². The van der Waals surface area contributed by atoms with Crippen LogP contribution in [0.15, 0.2) is 65.6 Å². The van der Waals surface area contributed by atoms with Crippen LogP contribution in [-0.2, 0) is 20.0 Å². The van der Waals surface area contributed by atoms with Gasteiger partial charge in [-0.2, -0.15) is 0 Å². The summed E-state index contributed by atoms with van der Waals surface area (Å²) in [6.45, 7) is 0.0593. The monoisotopic (exact) mass is 435 g/mol. The van der Waals surface area contributed by atoms with Gasteiger partial charge >= 0.3 is 0 Å². The van der Waals surface area contributed by atoms with Crippen molar-refractivity contribution in [3.8, 4) is 5.75 Å². The van der Waals surface area contributed by atoms with Crippen molar-refractivity contribution in [1.29, 1.82) is 0 Å². The van der Waals surface area contributed by atoms with Gasteiger partial charge in [0.15, 0.2) is 5.75 Å². The number of hydrogen-bond acceptors (Lipinski definition) is 4. The van der Waals surface area contributed by atoms with E-state index in [1.807, 2.05) is 0 Å². The van der Waals surface area contributed by atoms with Gasteiger partial charge in [-0.15, -0.1) is 0 Å². The number of carbonyl (C=O) groups is 1. The minimum Gasteiger partial charge on any atom is -0.505 e. The van der Waals surface area contributed by atoms with E-state index in [-0.39, 0.29) is 17.9 Å². The SMILES string of the molecule is Cn1c(=O)c(C(=O)NCc2ccc(F)cc2)c(O)c2ncc(Cc3ccc(F)cc3)cc21. The molecule has 6 nitrogen and oxygen atoms in total. The lowest BCUT2D eigenvalue weighted by atomic mass is 10.1. The molecule has 0 aliphatic rings. The van der Waals surface area contributed by atoms with Crippen LogP contribution in [-0.4, -0.2) is 20.6 Å². The maximum Gasteiger partial charge on any atom is 0.267 e. The number of nitrogens with one attached hydrogen (secondary N) is 1. The lowest BCUT2D eigenvalue weighted by Gasteiger charge is -2.13. The molecule has 0 aliphatic heterocycles. The van der Waals surface area contributed by atoms with Crippen LogP contribution in [0.2, 0.25) is 0 Å². The summed E-state index contributed by atoms with van der Waals surface area (Å²) in [6, 6.07) is 13.3. The fraction of sp³-hybridized carbons (Fsp3) is 0.125. The number of benzene rings is 2. The van der Waals surface area contributed by atoms with Crippen LogP contribution >= 0.6 is 0 Å². The molecule has 4 rings (SSSR count). The number of nitrogens with zero attached hydrogens (tertiary/aromatic N) is 2. The number of fused-ring (bicyclic) bond motifs is 1. The highest BCUT2D eigenvalue weighted by Gasteiger charge is 2.22. The lowest BCUT2D eigenvalue weighted by Crippen LogP contribution is -2.32. The zero-order valence-corrected chi connectivity index (χ0v) is 17.1. The van der Waals surface area contributed by atoms with E-state index in [9.17, 15) is 23.5 Å². The second-order valence-corrected chi connectivity index (χ2v) is 7.41. The molecule has 162 valence electrons. The third-order valence-corrected chi connectivity index (χ3v) is 5.18. The lowest BCUT2D eigenvalue weighted by molar-refractivity contribution is 0.0946. The molecule has 0 unspecified atom stereocenters. The van der Waals surface area contributed by atoms with Crippen LogP contribution in [0.4, 0.5) is 8.78 Å². The summed E-state index contributed by atoms with van der Waals surface area (Å²) in [5, 5.41) is 13.2. The molecule has 2 aromatic carbocycles. The van der Waals surface area contributed by atoms with Crippen LogP contribution in [0.1, 0.15) is 27.0 Å². The number of aromatic nitrogens is 2. The molecule has 0 bridgehead atoms. The smallest absolute Gasteiger partial charge is 0.267 e. The Bertz CT molecular complexity index is 1360. The van der Waals surface area contributed by atoms with Crippen molar-refractivity contribution >= 4 is 16.9 Å². The summed E-state index contributed by atoms with van der Waals surface area (Å²) >= 11 is 0. The molecule has 0 aliphatic carbocycles. The van der Waals surface area contributed by atoms with Crippen molar-refractivity contribution in [1.82, 2.24) is 14.9 Å². The van der Waals surface area contributed by atoms with Crippen molar-refractivity contribution in [2.45, 2.75) is 13.0 Å². The number of pyridine rings is 2. The van der Waals surface area contributed by atoms with Gasteiger partial charge in [0.25, 0.3) is 11.5 Å². The van der Waals surface area contributed by atoms with Gasteiger partial charge in [-0.05, 0) is 53.4 Å². The largest absolute Gasteiger partial charge is 0.505 e. The first-order valence-electron chi connectivity index (χ1n) is 9.81. The van der Waals surface area contributed by atoms with Crippen molar-refractivity contribution in [2.75, 3.05) is 0 Å². The third kappa shape index (κ3) is 4.20. The van der Waals surface area contributed by atoms with Gasteiger partial charge in [-0.1, -0.05) is 24.3 Å². The average molecular weight is 435 g/mol. The third-order valence-electron chi connectivity index (χ3n) is 5.18. The Morgan fingerprint density at radius 2 is 1.59 bits per heavy atom. The molecule has 2 aromatic heterocycles. The minimum atomic E-state index is -0.758. The van der Waals surface area contributed by atoms with E-state index in [1.165, 1.54) is 54.2 Å². The highest BCUT2D eigenvalue weighted by atomic mass is 19.1. The van der Waals surface area contributed by atoms with E-state index in [4.69, 9.17) is 0 Å². The van der Waals surface area contributed by atoms with Crippen LogP contribution in [0, 0.1) is 11.6 Å². The Morgan fingerprint density at radius 3 is 2.22 bits per heavy atom. The van der Waals surface area contributed by atoms with Crippen molar-refractivity contribution in [3.05, 3.63) is 105 Å². The quantitative estimate of drug-likeness (QED) is 0.503. The Balaban J connectivity index is 1.64. The zero-order valence-electron chi connectivity index (χ0n) is 17.1. The van der Waals surface area contributed by atoms with E-state index < -0.39 is 28.6 Å². The van der Waals surface area contributed by atoms with Gasteiger partial charge in [0.1, 0.15) is 22.7 Å². The maximum absolute atomic E-state index is 13.1. The summed E-state index contributed by atoms with van der Waals surface area (Å²) in [4.78, 5) is 29.7. The Morgan fingerprint density at radius 1 is 1.00 bits per heavy atom. The highest BCUT2D eigenvalue weighted by Crippen LogP contribution is 2.25. The number of hydrogen-bond donors (Lipinski definition) is 2. The molecule has 0 fully saturated rings. The first-order valence-corrected chi connectivity index (χ1v) is 9.81. The Kier molecular flexibility index (Phi) is 5.68. The first kappa shape index (κ1) is 21.2. The van der Waals surface area contributed by atoms with E-state index in [0.717, 1.165) is 11.1 Å². The van der Waals surface area contributed by atoms with E-state index in [1.54, 1.807) is 18.2 Å².